The number of amides is 1. The third-order valence-electron chi connectivity index (χ3n) is 3.37. The van der Waals surface area contributed by atoms with E-state index >= 15 is 0 Å². The molecule has 2 rings (SSSR count). The summed E-state index contributed by atoms with van der Waals surface area (Å²) in [6, 6.07) is 5.33. The molecule has 104 valence electrons. The predicted octanol–water partition coefficient (Wildman–Crippen LogP) is 4.79. The fourth-order valence-corrected chi connectivity index (χ4v) is 3.66. The molecule has 1 aromatic rings. The first kappa shape index (κ1) is 15.1. The minimum atomic E-state index is -0.648. The molecule has 5 heteroatoms. The molecular weight excluding hydrogens is 349 g/mol. The first-order valence-electron chi connectivity index (χ1n) is 6.47. The maximum atomic E-state index is 12.4. The van der Waals surface area contributed by atoms with Gasteiger partial charge in [0, 0.05) is 22.6 Å². The number of halogens is 3. The van der Waals surface area contributed by atoms with Crippen LogP contribution in [0.15, 0.2) is 22.7 Å². The largest absolute Gasteiger partial charge is 0.341 e. The Morgan fingerprint density at radius 2 is 1.84 bits per heavy atom. The van der Waals surface area contributed by atoms with E-state index in [0.717, 1.165) is 36.0 Å². The second kappa shape index (κ2) is 6.96. The average Bonchev–Trinajstić information content (AvgIpc) is 2.66. The topological polar surface area (TPSA) is 20.3 Å². The smallest absolute Gasteiger partial charge is 0.245 e. The molecule has 0 N–H and O–H groups in total. The Bertz CT molecular complexity index is 459. The molecule has 0 radical (unpaired) electrons. The summed E-state index contributed by atoms with van der Waals surface area (Å²) in [5.74, 6) is -0.00779. The van der Waals surface area contributed by atoms with Gasteiger partial charge in [-0.1, -0.05) is 46.4 Å². The summed E-state index contributed by atoms with van der Waals surface area (Å²) in [5, 5.41) is -0.0218. The summed E-state index contributed by atoms with van der Waals surface area (Å²) >= 11 is 15.7. The minimum Gasteiger partial charge on any atom is -0.341 e. The third-order valence-corrected chi connectivity index (χ3v) is 4.71. The fourth-order valence-electron chi connectivity index (χ4n) is 2.29. The van der Waals surface area contributed by atoms with Crippen molar-refractivity contribution in [1.82, 2.24) is 4.90 Å². The monoisotopic (exact) mass is 363 g/mol. The number of hydrogen-bond acceptors (Lipinski definition) is 1. The lowest BCUT2D eigenvalue weighted by molar-refractivity contribution is -0.130. The van der Waals surface area contributed by atoms with Crippen LogP contribution in [0.2, 0.25) is 5.02 Å². The Morgan fingerprint density at radius 1 is 1.21 bits per heavy atom. The van der Waals surface area contributed by atoms with Crippen molar-refractivity contribution in [2.45, 2.75) is 31.1 Å². The number of benzene rings is 1. The van der Waals surface area contributed by atoms with Crippen molar-refractivity contribution in [3.8, 4) is 0 Å². The zero-order valence-electron chi connectivity index (χ0n) is 10.5. The second-order valence-electron chi connectivity index (χ2n) is 4.77. The molecule has 1 aliphatic rings. The lowest BCUT2D eigenvalue weighted by atomic mass is 10.1. The van der Waals surface area contributed by atoms with Gasteiger partial charge in [0.25, 0.3) is 0 Å². The van der Waals surface area contributed by atoms with E-state index in [1.54, 1.807) is 18.2 Å². The van der Waals surface area contributed by atoms with Gasteiger partial charge >= 0.3 is 0 Å². The molecule has 0 aliphatic carbocycles. The predicted molar refractivity (Wildman–Crippen MR) is 82.8 cm³/mol. The second-order valence-corrected chi connectivity index (χ2v) is 6.50. The number of carbonyl (C=O) groups is 1. The summed E-state index contributed by atoms with van der Waals surface area (Å²) in [4.78, 5) is 14.3. The van der Waals surface area contributed by atoms with Crippen LogP contribution in [0.25, 0.3) is 0 Å². The van der Waals surface area contributed by atoms with Crippen molar-refractivity contribution in [3.05, 3.63) is 33.3 Å². The quantitative estimate of drug-likeness (QED) is 0.691. The van der Waals surface area contributed by atoms with E-state index in [1.807, 2.05) is 4.90 Å². The van der Waals surface area contributed by atoms with Crippen LogP contribution in [0, 0.1) is 0 Å². The van der Waals surface area contributed by atoms with E-state index in [4.69, 9.17) is 23.2 Å². The number of rotatable bonds is 2. The SMILES string of the molecule is O=C(C(Cl)c1ccc(Cl)cc1Br)N1CCCCCC1. The molecule has 1 heterocycles. The Kier molecular flexibility index (Phi) is 5.55. The summed E-state index contributed by atoms with van der Waals surface area (Å²) in [5.41, 5.74) is 0.778. The highest BCUT2D eigenvalue weighted by atomic mass is 79.9. The van der Waals surface area contributed by atoms with Gasteiger partial charge in [0.2, 0.25) is 5.91 Å². The van der Waals surface area contributed by atoms with Gasteiger partial charge in [-0.15, -0.1) is 11.6 Å². The highest BCUT2D eigenvalue weighted by Gasteiger charge is 2.25. The van der Waals surface area contributed by atoms with Gasteiger partial charge in [-0.3, -0.25) is 4.79 Å². The van der Waals surface area contributed by atoms with Crippen LogP contribution >= 0.6 is 39.1 Å². The standard InChI is InChI=1S/C14H16BrCl2NO/c15-12-9-10(16)5-6-11(12)13(17)14(19)18-7-3-1-2-4-8-18/h5-6,9,13H,1-4,7-8H2. The van der Waals surface area contributed by atoms with Crippen molar-refractivity contribution in [1.29, 1.82) is 0 Å². The molecular formula is C14H16BrCl2NO. The minimum absolute atomic E-state index is 0.00779. The van der Waals surface area contributed by atoms with Crippen molar-refractivity contribution < 1.29 is 4.79 Å². The highest BCUT2D eigenvalue weighted by molar-refractivity contribution is 9.10. The molecule has 1 unspecified atom stereocenters. The van der Waals surface area contributed by atoms with Gasteiger partial charge in [-0.05, 0) is 30.5 Å². The molecule has 1 amide bonds. The first-order valence-corrected chi connectivity index (χ1v) is 8.08. The van der Waals surface area contributed by atoms with E-state index in [-0.39, 0.29) is 5.91 Å². The van der Waals surface area contributed by atoms with Crippen LogP contribution < -0.4 is 0 Å². The highest BCUT2D eigenvalue weighted by Crippen LogP contribution is 2.32. The lowest BCUT2D eigenvalue weighted by Gasteiger charge is -2.23. The van der Waals surface area contributed by atoms with Crippen LogP contribution in [0.5, 0.6) is 0 Å². The zero-order valence-corrected chi connectivity index (χ0v) is 13.6. The number of alkyl halides is 1. The van der Waals surface area contributed by atoms with Crippen LogP contribution in [0.4, 0.5) is 0 Å². The van der Waals surface area contributed by atoms with Crippen molar-refractivity contribution in [2.75, 3.05) is 13.1 Å². The summed E-state index contributed by atoms with van der Waals surface area (Å²) < 4.78 is 0.781. The molecule has 0 aromatic heterocycles. The van der Waals surface area contributed by atoms with Crippen LogP contribution in [-0.2, 0) is 4.79 Å². The molecule has 0 saturated carbocycles. The van der Waals surface area contributed by atoms with E-state index in [0.29, 0.717) is 5.02 Å². The van der Waals surface area contributed by atoms with Crippen LogP contribution in [0.3, 0.4) is 0 Å². The molecule has 1 fully saturated rings. The molecule has 1 aliphatic heterocycles. The van der Waals surface area contributed by atoms with E-state index < -0.39 is 5.38 Å². The van der Waals surface area contributed by atoms with Crippen molar-refractivity contribution in [2.24, 2.45) is 0 Å². The average molecular weight is 365 g/mol. The van der Waals surface area contributed by atoms with E-state index in [9.17, 15) is 4.79 Å². The van der Waals surface area contributed by atoms with Gasteiger partial charge < -0.3 is 4.90 Å². The normalized spacial score (nSPS) is 17.9. The molecule has 0 bridgehead atoms. The van der Waals surface area contributed by atoms with Gasteiger partial charge in [-0.25, -0.2) is 0 Å². The Balaban J connectivity index is 2.13. The Hall–Kier alpha value is -0.250. The van der Waals surface area contributed by atoms with E-state index in [2.05, 4.69) is 15.9 Å². The van der Waals surface area contributed by atoms with Gasteiger partial charge in [-0.2, -0.15) is 0 Å². The summed E-state index contributed by atoms with van der Waals surface area (Å²) in [6.45, 7) is 1.63. The van der Waals surface area contributed by atoms with Gasteiger partial charge in [0.05, 0.1) is 0 Å². The Morgan fingerprint density at radius 3 is 2.42 bits per heavy atom. The molecule has 1 saturated heterocycles. The van der Waals surface area contributed by atoms with Crippen LogP contribution in [-0.4, -0.2) is 23.9 Å². The zero-order chi connectivity index (χ0) is 13.8. The number of hydrogen-bond donors (Lipinski definition) is 0. The van der Waals surface area contributed by atoms with E-state index in [1.165, 1.54) is 12.8 Å². The van der Waals surface area contributed by atoms with Crippen LogP contribution in [0.1, 0.15) is 36.6 Å². The fraction of sp³-hybridized carbons (Fsp3) is 0.500. The summed E-state index contributed by atoms with van der Waals surface area (Å²) in [7, 11) is 0. The molecule has 1 atom stereocenters. The molecule has 2 nitrogen and oxygen atoms in total. The van der Waals surface area contributed by atoms with Crippen molar-refractivity contribution >= 4 is 45.0 Å². The summed E-state index contributed by atoms with van der Waals surface area (Å²) in [6.07, 6.45) is 4.52. The van der Waals surface area contributed by atoms with Crippen molar-refractivity contribution in [3.63, 3.8) is 0 Å². The molecule has 0 spiro atoms. The number of nitrogens with zero attached hydrogens (tertiary/aromatic N) is 1. The van der Waals surface area contributed by atoms with Gasteiger partial charge in [0.1, 0.15) is 5.38 Å². The Labute approximate surface area is 132 Å². The maximum absolute atomic E-state index is 12.4. The lowest BCUT2D eigenvalue weighted by Crippen LogP contribution is -2.34. The number of likely N-dealkylation sites (tertiary alicyclic amines) is 1. The molecule has 1 aromatic carbocycles. The molecule has 19 heavy (non-hydrogen) atoms. The third kappa shape index (κ3) is 3.87. The number of carbonyl (C=O) groups excluding carboxylic acids is 1. The first-order chi connectivity index (χ1) is 9.09. The van der Waals surface area contributed by atoms with Gasteiger partial charge in [0.15, 0.2) is 0 Å². The maximum Gasteiger partial charge on any atom is 0.245 e.